The van der Waals surface area contributed by atoms with Crippen LogP contribution in [-0.2, 0) is 12.8 Å². The Balaban J connectivity index is 0.000000217. The molecule has 0 saturated carbocycles. The first-order chi connectivity index (χ1) is 28.5. The van der Waals surface area contributed by atoms with Gasteiger partial charge in [0.05, 0.1) is 21.2 Å². The molecule has 0 N–H and O–H groups in total. The number of hydrogen-bond donors (Lipinski definition) is 0. The predicted octanol–water partition coefficient (Wildman–Crippen LogP) is 13.5. The number of benzene rings is 6. The molecule has 0 saturated heterocycles. The molecule has 0 spiro atoms. The third kappa shape index (κ3) is 15.5. The SMILES string of the molecule is C#Cc1ccc(CCCC)cc1.CCCCc1ccc(C#Cc2cc(F)c(C#Cc3ccc(F)cc3)cc2F)cc1.Fc1ccc(C#Cc2cc(F)c(Br)cc2F)cc1. The van der Waals surface area contributed by atoms with Crippen LogP contribution in [0.25, 0.3) is 0 Å². The lowest BCUT2D eigenvalue weighted by molar-refractivity contribution is 0.592. The molecule has 0 bridgehead atoms. The summed E-state index contributed by atoms with van der Waals surface area (Å²) in [5, 5.41) is 0. The lowest BCUT2D eigenvalue weighted by Crippen LogP contribution is -1.92. The van der Waals surface area contributed by atoms with Crippen molar-refractivity contribution in [2.24, 2.45) is 0 Å². The molecule has 0 aliphatic carbocycles. The molecule has 296 valence electrons. The van der Waals surface area contributed by atoms with Gasteiger partial charge in [0.1, 0.15) is 34.9 Å². The fraction of sp³-hybridized carbons (Fsp3) is 0.154. The first-order valence-corrected chi connectivity index (χ1v) is 19.6. The van der Waals surface area contributed by atoms with Crippen molar-refractivity contribution in [3.63, 3.8) is 0 Å². The molecule has 0 nitrogen and oxygen atoms in total. The van der Waals surface area contributed by atoms with Crippen molar-refractivity contribution < 1.29 is 26.3 Å². The number of unbranched alkanes of at least 4 members (excludes halogenated alkanes) is 2. The van der Waals surface area contributed by atoms with Gasteiger partial charge in [0.25, 0.3) is 0 Å². The number of terminal acetylenes is 1. The van der Waals surface area contributed by atoms with Crippen LogP contribution in [0.2, 0.25) is 0 Å². The van der Waals surface area contributed by atoms with Crippen molar-refractivity contribution in [1.29, 1.82) is 0 Å². The van der Waals surface area contributed by atoms with E-state index in [4.69, 9.17) is 6.42 Å². The normalized spacial score (nSPS) is 9.76. The van der Waals surface area contributed by atoms with E-state index in [1.165, 1.54) is 78.9 Å². The highest BCUT2D eigenvalue weighted by Crippen LogP contribution is 2.20. The number of aryl methyl sites for hydroxylation is 2. The van der Waals surface area contributed by atoms with Gasteiger partial charge >= 0.3 is 0 Å². The number of halogens is 7. The second-order valence-corrected chi connectivity index (χ2v) is 13.9. The maximum absolute atomic E-state index is 14.3. The maximum Gasteiger partial charge on any atom is 0.140 e. The number of hydrogen-bond acceptors (Lipinski definition) is 0. The van der Waals surface area contributed by atoms with Crippen LogP contribution in [0.4, 0.5) is 26.3 Å². The van der Waals surface area contributed by atoms with Gasteiger partial charge in [-0.2, -0.15) is 0 Å². The molecule has 0 amide bonds. The molecule has 0 heterocycles. The second-order valence-electron chi connectivity index (χ2n) is 13.1. The van der Waals surface area contributed by atoms with E-state index < -0.39 is 23.3 Å². The monoisotopic (exact) mass is 856 g/mol. The summed E-state index contributed by atoms with van der Waals surface area (Å²) in [6, 6.07) is 31.0. The third-order valence-electron chi connectivity index (χ3n) is 8.49. The lowest BCUT2D eigenvalue weighted by atomic mass is 10.1. The van der Waals surface area contributed by atoms with E-state index in [1.54, 1.807) is 0 Å². The van der Waals surface area contributed by atoms with Gasteiger partial charge in [-0.3, -0.25) is 0 Å². The highest BCUT2D eigenvalue weighted by atomic mass is 79.9. The highest BCUT2D eigenvalue weighted by molar-refractivity contribution is 9.10. The predicted molar refractivity (Wildman–Crippen MR) is 229 cm³/mol. The van der Waals surface area contributed by atoms with E-state index in [1.807, 2.05) is 36.4 Å². The Morgan fingerprint density at radius 1 is 0.424 bits per heavy atom. The van der Waals surface area contributed by atoms with Crippen molar-refractivity contribution in [2.45, 2.75) is 52.4 Å². The van der Waals surface area contributed by atoms with Crippen molar-refractivity contribution in [3.8, 4) is 47.9 Å². The Morgan fingerprint density at radius 2 is 0.746 bits per heavy atom. The molecule has 0 aliphatic rings. The molecule has 0 fully saturated rings. The fourth-order valence-electron chi connectivity index (χ4n) is 5.13. The zero-order valence-corrected chi connectivity index (χ0v) is 34.1. The fourth-order valence-corrected chi connectivity index (χ4v) is 5.44. The molecule has 6 aromatic carbocycles. The van der Waals surface area contributed by atoms with Crippen LogP contribution in [0.1, 0.15) is 89.6 Å². The summed E-state index contributed by atoms with van der Waals surface area (Å²) < 4.78 is 80.9. The van der Waals surface area contributed by atoms with Crippen LogP contribution in [0.3, 0.4) is 0 Å². The Bertz CT molecular complexity index is 2530. The Kier molecular flexibility index (Phi) is 18.2. The van der Waals surface area contributed by atoms with E-state index in [9.17, 15) is 26.3 Å². The van der Waals surface area contributed by atoms with Crippen LogP contribution in [0, 0.1) is 82.8 Å². The van der Waals surface area contributed by atoms with Gasteiger partial charge in [-0.15, -0.1) is 6.42 Å². The van der Waals surface area contributed by atoms with E-state index >= 15 is 0 Å². The molecule has 59 heavy (non-hydrogen) atoms. The summed E-state index contributed by atoms with van der Waals surface area (Å²) in [4.78, 5) is 0. The van der Waals surface area contributed by atoms with Crippen LogP contribution in [-0.4, -0.2) is 0 Å². The second kappa shape index (κ2) is 23.8. The Labute approximate surface area is 351 Å². The molecule has 6 aromatic rings. The Hall–Kier alpha value is -6.38. The van der Waals surface area contributed by atoms with Crippen molar-refractivity contribution in [2.75, 3.05) is 0 Å². The maximum atomic E-state index is 14.3. The largest absolute Gasteiger partial charge is 0.207 e. The number of rotatable bonds is 6. The average molecular weight is 858 g/mol. The first-order valence-electron chi connectivity index (χ1n) is 18.8. The molecule has 0 unspecified atom stereocenters. The highest BCUT2D eigenvalue weighted by Gasteiger charge is 2.08. The van der Waals surface area contributed by atoms with Gasteiger partial charge < -0.3 is 0 Å². The van der Waals surface area contributed by atoms with Crippen molar-refractivity contribution in [3.05, 3.63) is 211 Å². The van der Waals surface area contributed by atoms with Crippen molar-refractivity contribution in [1.82, 2.24) is 0 Å². The molecule has 6 rings (SSSR count). The quantitative estimate of drug-likeness (QED) is 0.0889. The molecular weight excluding hydrogens is 818 g/mol. The van der Waals surface area contributed by atoms with Gasteiger partial charge in [0.15, 0.2) is 0 Å². The summed E-state index contributed by atoms with van der Waals surface area (Å²) in [5.74, 6) is 15.3. The van der Waals surface area contributed by atoms with E-state index in [0.29, 0.717) is 11.1 Å². The Morgan fingerprint density at radius 3 is 1.10 bits per heavy atom. The third-order valence-corrected chi connectivity index (χ3v) is 9.10. The zero-order chi connectivity index (χ0) is 42.6. The van der Waals surface area contributed by atoms with Gasteiger partial charge in [-0.25, -0.2) is 26.3 Å². The minimum atomic E-state index is -0.653. The molecule has 0 radical (unpaired) electrons. The molecule has 7 heteroatoms. The van der Waals surface area contributed by atoms with Crippen LogP contribution >= 0.6 is 15.9 Å². The van der Waals surface area contributed by atoms with Crippen LogP contribution < -0.4 is 0 Å². The van der Waals surface area contributed by atoms with Crippen LogP contribution in [0.5, 0.6) is 0 Å². The minimum Gasteiger partial charge on any atom is -0.207 e. The van der Waals surface area contributed by atoms with Crippen molar-refractivity contribution >= 4 is 15.9 Å². The lowest BCUT2D eigenvalue weighted by Gasteiger charge is -2.00. The molecule has 0 atom stereocenters. The summed E-state index contributed by atoms with van der Waals surface area (Å²) in [6.45, 7) is 4.35. The van der Waals surface area contributed by atoms with Gasteiger partial charge in [0.2, 0.25) is 0 Å². The van der Waals surface area contributed by atoms with Gasteiger partial charge in [-0.05, 0) is 150 Å². The van der Waals surface area contributed by atoms with E-state index in [-0.39, 0.29) is 32.8 Å². The average Bonchev–Trinajstić information content (AvgIpc) is 3.24. The molecular formula is C52H39BrF6. The summed E-state index contributed by atoms with van der Waals surface area (Å²) in [7, 11) is 0. The topological polar surface area (TPSA) is 0 Å². The summed E-state index contributed by atoms with van der Waals surface area (Å²) in [6.07, 6.45) is 12.2. The van der Waals surface area contributed by atoms with Crippen LogP contribution in [0.15, 0.2) is 126 Å². The van der Waals surface area contributed by atoms with E-state index in [2.05, 4.69) is 83.4 Å². The minimum absolute atomic E-state index is 0.0232. The summed E-state index contributed by atoms with van der Waals surface area (Å²) in [5.41, 5.74) is 5.23. The molecule has 0 aliphatic heterocycles. The molecule has 0 aromatic heterocycles. The first kappa shape index (κ1) is 45.3. The van der Waals surface area contributed by atoms with Gasteiger partial charge in [-0.1, -0.05) is 92.4 Å². The smallest absolute Gasteiger partial charge is 0.140 e. The zero-order valence-electron chi connectivity index (χ0n) is 32.5. The van der Waals surface area contributed by atoms with E-state index in [0.717, 1.165) is 54.7 Å². The standard InChI is InChI=1S/C26H19F3.C14H6BrF3.C12H14/c1-2-3-4-19-5-7-20(8-6-19)9-13-22-17-26(29)23(18-25(22)28)14-10-21-11-15-24(27)16-12-21;15-12-8-13(17)10(7-14(12)18)4-1-9-2-5-11(16)6-3-9;1-3-5-6-12-9-7-11(4-2)8-10-12/h5-8,11-12,15-18H,2-4H2,1H3;2-3,5-8H;2,7-10H,3,5-6H2,1H3. The van der Waals surface area contributed by atoms with Gasteiger partial charge in [0, 0.05) is 22.3 Å². The summed E-state index contributed by atoms with van der Waals surface area (Å²) >= 11 is 2.88.